The molecule has 2 atom stereocenters. The van der Waals surface area contributed by atoms with Gasteiger partial charge in [0, 0.05) is 22.5 Å². The number of ether oxygens (including phenoxy) is 1. The Labute approximate surface area is 181 Å². The van der Waals surface area contributed by atoms with Crippen LogP contribution in [0.3, 0.4) is 0 Å². The lowest BCUT2D eigenvalue weighted by molar-refractivity contribution is -0.137. The van der Waals surface area contributed by atoms with Crippen molar-refractivity contribution < 1.29 is 23.0 Å². The average molecular weight is 434 g/mol. The number of hydrogen-bond donors (Lipinski definition) is 1. The third kappa shape index (κ3) is 3.78. The van der Waals surface area contributed by atoms with E-state index in [1.54, 1.807) is 0 Å². The summed E-state index contributed by atoms with van der Waals surface area (Å²) in [6, 6.07) is 5.17. The highest BCUT2D eigenvalue weighted by Crippen LogP contribution is 2.54. The summed E-state index contributed by atoms with van der Waals surface area (Å²) in [6.07, 6.45) is -4.14. The number of rotatable bonds is 2. The Morgan fingerprint density at radius 3 is 2.23 bits per heavy atom. The molecule has 3 nitrogen and oxygen atoms in total. The Hall–Kier alpha value is -1.92. The van der Waals surface area contributed by atoms with E-state index in [1.165, 1.54) is 12.1 Å². The van der Waals surface area contributed by atoms with Gasteiger partial charge in [0.25, 0.3) is 0 Å². The first-order valence-corrected chi connectivity index (χ1v) is 10.8. The molecule has 31 heavy (non-hydrogen) atoms. The van der Waals surface area contributed by atoms with Crippen molar-refractivity contribution in [3.8, 4) is 0 Å². The normalized spacial score (nSPS) is 24.2. The second-order valence-corrected chi connectivity index (χ2v) is 10.5. The van der Waals surface area contributed by atoms with Crippen LogP contribution in [-0.4, -0.2) is 10.1 Å². The summed E-state index contributed by atoms with van der Waals surface area (Å²) in [4.78, 5) is 5.01. The fourth-order valence-electron chi connectivity index (χ4n) is 5.18. The van der Waals surface area contributed by atoms with Crippen LogP contribution in [0.15, 0.2) is 24.3 Å². The first-order chi connectivity index (χ1) is 14.2. The van der Waals surface area contributed by atoms with Crippen LogP contribution in [0.4, 0.5) is 13.2 Å². The molecule has 2 heterocycles. The Morgan fingerprint density at radius 2 is 1.68 bits per heavy atom. The van der Waals surface area contributed by atoms with Crippen molar-refractivity contribution in [2.75, 3.05) is 0 Å². The number of benzene rings is 1. The molecule has 2 aliphatic rings. The van der Waals surface area contributed by atoms with Gasteiger partial charge >= 0.3 is 6.18 Å². The zero-order valence-electron chi connectivity index (χ0n) is 18.9. The van der Waals surface area contributed by atoms with Crippen molar-refractivity contribution in [2.24, 2.45) is 5.41 Å². The zero-order chi connectivity index (χ0) is 22.9. The summed E-state index contributed by atoms with van der Waals surface area (Å²) in [6.45, 7) is 12.3. The maximum absolute atomic E-state index is 13.1. The summed E-state index contributed by atoms with van der Waals surface area (Å²) in [7, 11) is 0. The highest BCUT2D eigenvalue weighted by molar-refractivity contribution is 5.53. The molecule has 1 N–H and O–H groups in total. The first kappa shape index (κ1) is 22.3. The number of pyridine rings is 1. The van der Waals surface area contributed by atoms with Gasteiger partial charge in [0.2, 0.25) is 0 Å². The Morgan fingerprint density at radius 1 is 1.06 bits per heavy atom. The van der Waals surface area contributed by atoms with E-state index in [0.717, 1.165) is 46.6 Å². The van der Waals surface area contributed by atoms with E-state index < -0.39 is 29.5 Å². The zero-order valence-corrected chi connectivity index (χ0v) is 18.9. The molecule has 1 aromatic heterocycles. The molecule has 6 heteroatoms. The van der Waals surface area contributed by atoms with Crippen molar-refractivity contribution in [1.29, 1.82) is 0 Å². The summed E-state index contributed by atoms with van der Waals surface area (Å²) >= 11 is 0. The van der Waals surface area contributed by atoms with Gasteiger partial charge in [-0.25, -0.2) is 0 Å². The van der Waals surface area contributed by atoms with Crippen molar-refractivity contribution in [3.63, 3.8) is 0 Å². The van der Waals surface area contributed by atoms with Gasteiger partial charge in [-0.1, -0.05) is 39.8 Å². The number of halogens is 3. The molecule has 168 valence electrons. The van der Waals surface area contributed by atoms with Crippen molar-refractivity contribution >= 4 is 0 Å². The standard InChI is InChI=1S/C25H30F3NO2/c1-13(2)21-19-20(18-16(29-21)11-23(3,4)12-17(18)30)24(5,6)31-22(19)14-7-9-15(10-8-14)25(26,27)28/h7-10,13,17,22,30H,11-12H2,1-6H3/t17-,22+/m0/s1. The Balaban J connectivity index is 1.92. The molecule has 0 saturated heterocycles. The van der Waals surface area contributed by atoms with Gasteiger partial charge in [-0.3, -0.25) is 4.98 Å². The quantitative estimate of drug-likeness (QED) is 0.581. The topological polar surface area (TPSA) is 42.4 Å². The van der Waals surface area contributed by atoms with Crippen LogP contribution in [0.5, 0.6) is 0 Å². The molecule has 1 aromatic carbocycles. The van der Waals surface area contributed by atoms with Gasteiger partial charge in [-0.15, -0.1) is 0 Å². The molecular formula is C25H30F3NO2. The summed E-state index contributed by atoms with van der Waals surface area (Å²) < 4.78 is 45.6. The van der Waals surface area contributed by atoms with E-state index in [-0.39, 0.29) is 11.3 Å². The fourth-order valence-corrected chi connectivity index (χ4v) is 5.18. The molecular weight excluding hydrogens is 403 g/mol. The highest BCUT2D eigenvalue weighted by atomic mass is 19.4. The number of aliphatic hydroxyl groups is 1. The van der Waals surface area contributed by atoms with E-state index in [1.807, 2.05) is 13.8 Å². The van der Waals surface area contributed by atoms with E-state index >= 15 is 0 Å². The van der Waals surface area contributed by atoms with E-state index in [2.05, 4.69) is 27.7 Å². The molecule has 0 radical (unpaired) electrons. The molecule has 0 amide bonds. The third-order valence-corrected chi connectivity index (χ3v) is 6.47. The van der Waals surface area contributed by atoms with Crippen LogP contribution < -0.4 is 0 Å². The van der Waals surface area contributed by atoms with Crippen LogP contribution >= 0.6 is 0 Å². The van der Waals surface area contributed by atoms with Crippen molar-refractivity contribution in [2.45, 2.75) is 84.3 Å². The van der Waals surface area contributed by atoms with Gasteiger partial charge in [0.1, 0.15) is 6.10 Å². The number of nitrogens with zero attached hydrogens (tertiary/aromatic N) is 1. The molecule has 4 rings (SSSR count). The van der Waals surface area contributed by atoms with Gasteiger partial charge in [-0.2, -0.15) is 13.2 Å². The lowest BCUT2D eigenvalue weighted by Crippen LogP contribution is -2.30. The second kappa shape index (κ2) is 7.04. The molecule has 0 fully saturated rings. The number of alkyl halides is 3. The van der Waals surface area contributed by atoms with Crippen LogP contribution in [0.1, 0.15) is 105 Å². The average Bonchev–Trinajstić information content (AvgIpc) is 2.90. The maximum atomic E-state index is 13.1. The SMILES string of the molecule is CC(C)c1nc2c(c3c1[C@@H](c1ccc(C(F)(F)F)cc1)OC3(C)C)[C@@H](O)CC(C)(C)C2. The minimum Gasteiger partial charge on any atom is -0.388 e. The molecule has 0 bridgehead atoms. The Kier molecular flexibility index (Phi) is 5.06. The number of fused-ring (bicyclic) bond motifs is 3. The van der Waals surface area contributed by atoms with Gasteiger partial charge in [0.15, 0.2) is 0 Å². The van der Waals surface area contributed by atoms with Crippen molar-refractivity contribution in [3.05, 3.63) is 63.5 Å². The highest BCUT2D eigenvalue weighted by Gasteiger charge is 2.47. The smallest absolute Gasteiger partial charge is 0.388 e. The predicted octanol–water partition coefficient (Wildman–Crippen LogP) is 6.58. The monoisotopic (exact) mass is 433 g/mol. The van der Waals surface area contributed by atoms with Crippen LogP contribution in [0.25, 0.3) is 0 Å². The van der Waals surface area contributed by atoms with Crippen LogP contribution in [0.2, 0.25) is 0 Å². The minimum atomic E-state index is -4.38. The molecule has 2 aromatic rings. The molecule has 0 spiro atoms. The van der Waals surface area contributed by atoms with E-state index in [0.29, 0.717) is 12.0 Å². The first-order valence-electron chi connectivity index (χ1n) is 10.8. The van der Waals surface area contributed by atoms with Gasteiger partial charge in [-0.05, 0) is 61.3 Å². The summed E-state index contributed by atoms with van der Waals surface area (Å²) in [5.74, 6) is 0.107. The number of aliphatic hydroxyl groups excluding tert-OH is 1. The van der Waals surface area contributed by atoms with Gasteiger partial charge in [0.05, 0.1) is 17.3 Å². The lowest BCUT2D eigenvalue weighted by atomic mass is 9.71. The number of aromatic nitrogens is 1. The van der Waals surface area contributed by atoms with Gasteiger partial charge < -0.3 is 9.84 Å². The lowest BCUT2D eigenvalue weighted by Gasteiger charge is -2.37. The third-order valence-electron chi connectivity index (χ3n) is 6.47. The van der Waals surface area contributed by atoms with Crippen molar-refractivity contribution in [1.82, 2.24) is 4.98 Å². The second-order valence-electron chi connectivity index (χ2n) is 10.5. The van der Waals surface area contributed by atoms with E-state index in [4.69, 9.17) is 9.72 Å². The maximum Gasteiger partial charge on any atom is 0.416 e. The largest absolute Gasteiger partial charge is 0.416 e. The number of hydrogen-bond acceptors (Lipinski definition) is 3. The summed E-state index contributed by atoms with van der Waals surface area (Å²) in [5.41, 5.74) is 3.74. The van der Waals surface area contributed by atoms with Crippen LogP contribution in [-0.2, 0) is 22.9 Å². The predicted molar refractivity (Wildman–Crippen MR) is 113 cm³/mol. The fraction of sp³-hybridized carbons (Fsp3) is 0.560. The van der Waals surface area contributed by atoms with E-state index in [9.17, 15) is 18.3 Å². The Bertz CT molecular complexity index is 1010. The molecule has 1 aliphatic heterocycles. The minimum absolute atomic E-state index is 0.0572. The molecule has 0 unspecified atom stereocenters. The molecule has 1 aliphatic carbocycles. The summed E-state index contributed by atoms with van der Waals surface area (Å²) in [5, 5.41) is 11.1. The van der Waals surface area contributed by atoms with Crippen LogP contribution in [0, 0.1) is 5.41 Å². The molecule has 0 saturated carbocycles.